The number of amides is 1. The van der Waals surface area contributed by atoms with Crippen molar-refractivity contribution < 1.29 is 19.0 Å². The molecule has 0 aromatic carbocycles. The number of fused-ring (bicyclic) bond motifs is 1. The number of anilines is 1. The van der Waals surface area contributed by atoms with Gasteiger partial charge in [0, 0.05) is 32.9 Å². The third-order valence-corrected chi connectivity index (χ3v) is 7.26. The molecule has 3 N–H and O–H groups in total. The van der Waals surface area contributed by atoms with Gasteiger partial charge in [0.2, 0.25) is 5.91 Å². The van der Waals surface area contributed by atoms with Crippen molar-refractivity contribution in [3.8, 4) is 22.8 Å². The maximum Gasteiger partial charge on any atom is 0.239 e. The number of carbonyl (C=O) groups is 1. The van der Waals surface area contributed by atoms with Crippen molar-refractivity contribution in [2.75, 3.05) is 24.6 Å². The van der Waals surface area contributed by atoms with Gasteiger partial charge >= 0.3 is 0 Å². The molecule has 38 heavy (non-hydrogen) atoms. The molecule has 2 aliphatic rings. The highest BCUT2D eigenvalue weighted by Gasteiger charge is 2.29. The maximum atomic E-state index is 14.9. The van der Waals surface area contributed by atoms with Crippen LogP contribution in [0.4, 0.5) is 10.1 Å². The number of aromatic nitrogens is 7. The molecule has 4 aromatic heterocycles. The average molecular weight is 524 g/mol. The summed E-state index contributed by atoms with van der Waals surface area (Å²) in [5.74, 6) is -1.04. The van der Waals surface area contributed by atoms with Crippen molar-refractivity contribution in [2.24, 2.45) is 12.8 Å². The summed E-state index contributed by atoms with van der Waals surface area (Å²) in [6, 6.07) is 3.63. The van der Waals surface area contributed by atoms with Crippen molar-refractivity contribution in [2.45, 2.75) is 51.0 Å². The van der Waals surface area contributed by atoms with E-state index < -0.39 is 11.7 Å². The van der Waals surface area contributed by atoms with Crippen molar-refractivity contribution in [1.82, 2.24) is 34.3 Å². The first kappa shape index (κ1) is 24.5. The first-order chi connectivity index (χ1) is 18.4. The fourth-order valence-electron chi connectivity index (χ4n) is 5.41. The highest BCUT2D eigenvalue weighted by molar-refractivity contribution is 5.99. The number of aliphatic hydroxyl groups excluding tert-OH is 1. The van der Waals surface area contributed by atoms with Crippen LogP contribution in [0, 0.1) is 5.82 Å². The Labute approximate surface area is 217 Å². The number of primary amides is 1. The normalized spacial score (nSPS) is 18.9. The van der Waals surface area contributed by atoms with E-state index in [-0.39, 0.29) is 24.6 Å². The van der Waals surface area contributed by atoms with Gasteiger partial charge in [-0.2, -0.15) is 15.3 Å². The van der Waals surface area contributed by atoms with E-state index in [1.54, 1.807) is 28.7 Å². The maximum absolute atomic E-state index is 14.9. The standard InChI is InChI=1S/C25H30FN9O3/c1-32-24(16(26)13-29-32)17-12-19(33-9-6-15(36)7-10-33)25-23(30-17)22(31-34(25)14-20(27)37)18-5-8-28-35(18)21-4-2-3-11-38-21/h5,8,12-13,15,21,36H,2-4,6-7,9-11,14H2,1H3,(H2,27,37). The average Bonchev–Trinajstić information content (AvgIpc) is 3.61. The van der Waals surface area contributed by atoms with Gasteiger partial charge in [-0.15, -0.1) is 0 Å². The minimum Gasteiger partial charge on any atom is -0.393 e. The van der Waals surface area contributed by atoms with Crippen LogP contribution in [-0.2, 0) is 23.1 Å². The van der Waals surface area contributed by atoms with Crippen LogP contribution in [0.5, 0.6) is 0 Å². The molecule has 0 aliphatic carbocycles. The fraction of sp³-hybridized carbons (Fsp3) is 0.480. The highest BCUT2D eigenvalue weighted by atomic mass is 19.1. The Morgan fingerprint density at radius 1 is 1.24 bits per heavy atom. The minimum absolute atomic E-state index is 0.158. The number of nitrogens with two attached hydrogens (primary N) is 1. The Balaban J connectivity index is 1.60. The molecule has 1 unspecified atom stereocenters. The third kappa shape index (κ3) is 4.31. The van der Waals surface area contributed by atoms with Gasteiger partial charge in [0.25, 0.3) is 0 Å². The number of aliphatic hydroxyl groups is 1. The van der Waals surface area contributed by atoms with Gasteiger partial charge < -0.3 is 20.5 Å². The summed E-state index contributed by atoms with van der Waals surface area (Å²) in [6.45, 7) is 1.65. The second-order valence-electron chi connectivity index (χ2n) is 9.86. The molecule has 0 saturated carbocycles. The van der Waals surface area contributed by atoms with Crippen LogP contribution in [0.3, 0.4) is 0 Å². The smallest absolute Gasteiger partial charge is 0.239 e. The Morgan fingerprint density at radius 3 is 2.74 bits per heavy atom. The number of halogens is 1. The molecule has 2 saturated heterocycles. The summed E-state index contributed by atoms with van der Waals surface area (Å²) >= 11 is 0. The fourth-order valence-corrected chi connectivity index (χ4v) is 5.41. The zero-order valence-electron chi connectivity index (χ0n) is 21.1. The zero-order valence-corrected chi connectivity index (χ0v) is 21.1. The van der Waals surface area contributed by atoms with E-state index in [9.17, 15) is 14.3 Å². The van der Waals surface area contributed by atoms with Crippen LogP contribution in [0.15, 0.2) is 24.5 Å². The summed E-state index contributed by atoms with van der Waals surface area (Å²) in [7, 11) is 1.66. The quantitative estimate of drug-likeness (QED) is 0.391. The summed E-state index contributed by atoms with van der Waals surface area (Å²) < 4.78 is 25.7. The summed E-state index contributed by atoms with van der Waals surface area (Å²) in [6.07, 6.45) is 6.22. The van der Waals surface area contributed by atoms with E-state index in [0.29, 0.717) is 60.7 Å². The Kier molecular flexibility index (Phi) is 6.32. The summed E-state index contributed by atoms with van der Waals surface area (Å²) in [5, 5.41) is 23.5. The molecule has 1 atom stereocenters. The SMILES string of the molecule is Cn1ncc(F)c1-c1cc(N2CCC(O)CC2)c2c(n1)c(-c1ccnn1C1CCCCO1)nn2CC(N)=O. The van der Waals surface area contributed by atoms with Gasteiger partial charge in [-0.3, -0.25) is 14.2 Å². The van der Waals surface area contributed by atoms with Gasteiger partial charge in [-0.1, -0.05) is 0 Å². The van der Waals surface area contributed by atoms with Crippen molar-refractivity contribution in [1.29, 1.82) is 0 Å². The molecule has 2 aliphatic heterocycles. The monoisotopic (exact) mass is 523 g/mol. The van der Waals surface area contributed by atoms with Crippen LogP contribution >= 0.6 is 0 Å². The number of rotatable bonds is 6. The number of hydrogen-bond donors (Lipinski definition) is 2. The summed E-state index contributed by atoms with van der Waals surface area (Å²) in [5.41, 5.74) is 9.25. The van der Waals surface area contributed by atoms with Crippen LogP contribution in [0.25, 0.3) is 33.8 Å². The number of pyridine rings is 1. The van der Waals surface area contributed by atoms with Gasteiger partial charge in [0.1, 0.15) is 29.0 Å². The number of ether oxygens (including phenoxy) is 1. The van der Waals surface area contributed by atoms with E-state index in [4.69, 9.17) is 20.6 Å². The van der Waals surface area contributed by atoms with Crippen molar-refractivity contribution in [3.63, 3.8) is 0 Å². The molecular formula is C25H30FN9O3. The Bertz CT molecular complexity index is 1460. The van der Waals surface area contributed by atoms with Gasteiger partial charge in [-0.05, 0) is 44.2 Å². The lowest BCUT2D eigenvalue weighted by molar-refractivity contribution is -0.118. The molecule has 6 heterocycles. The lowest BCUT2D eigenvalue weighted by Gasteiger charge is -2.32. The Morgan fingerprint density at radius 2 is 2.05 bits per heavy atom. The molecule has 6 rings (SSSR count). The molecular weight excluding hydrogens is 493 g/mol. The molecule has 0 bridgehead atoms. The first-order valence-corrected chi connectivity index (χ1v) is 12.9. The van der Waals surface area contributed by atoms with Gasteiger partial charge in [0.05, 0.1) is 29.4 Å². The van der Waals surface area contributed by atoms with Gasteiger partial charge in [-0.25, -0.2) is 14.1 Å². The predicted molar refractivity (Wildman–Crippen MR) is 136 cm³/mol. The van der Waals surface area contributed by atoms with E-state index >= 15 is 0 Å². The molecule has 12 nitrogen and oxygen atoms in total. The van der Waals surface area contributed by atoms with Crippen LogP contribution in [0.2, 0.25) is 0 Å². The highest BCUT2D eigenvalue weighted by Crippen LogP contribution is 2.38. The van der Waals surface area contributed by atoms with E-state index in [0.717, 1.165) is 31.1 Å². The lowest BCUT2D eigenvalue weighted by atomic mass is 10.1. The lowest BCUT2D eigenvalue weighted by Crippen LogP contribution is -2.36. The molecule has 2 fully saturated rings. The molecule has 1 amide bonds. The second kappa shape index (κ2) is 9.80. The van der Waals surface area contributed by atoms with Gasteiger partial charge in [0.15, 0.2) is 12.0 Å². The number of nitrogens with zero attached hydrogens (tertiary/aromatic N) is 8. The number of carbonyl (C=O) groups excluding carboxylic acids is 1. The molecule has 0 radical (unpaired) electrons. The molecule has 13 heteroatoms. The topological polar surface area (TPSA) is 142 Å². The third-order valence-electron chi connectivity index (χ3n) is 7.26. The molecule has 4 aromatic rings. The molecule has 0 spiro atoms. The molecule has 200 valence electrons. The van der Waals surface area contributed by atoms with Crippen molar-refractivity contribution in [3.05, 3.63) is 30.3 Å². The van der Waals surface area contributed by atoms with E-state index in [2.05, 4.69) is 15.1 Å². The largest absolute Gasteiger partial charge is 0.393 e. The van der Waals surface area contributed by atoms with Crippen LogP contribution < -0.4 is 10.6 Å². The van der Waals surface area contributed by atoms with Crippen molar-refractivity contribution >= 4 is 22.6 Å². The number of hydrogen-bond acceptors (Lipinski definition) is 8. The predicted octanol–water partition coefficient (Wildman–Crippen LogP) is 1.98. The number of aryl methyl sites for hydroxylation is 1. The number of piperidine rings is 1. The van der Waals surface area contributed by atoms with E-state index in [1.807, 2.05) is 6.07 Å². The second-order valence-corrected chi connectivity index (χ2v) is 9.86. The zero-order chi connectivity index (χ0) is 26.4. The first-order valence-electron chi connectivity index (χ1n) is 12.9. The summed E-state index contributed by atoms with van der Waals surface area (Å²) in [4.78, 5) is 19.1. The van der Waals surface area contributed by atoms with E-state index in [1.165, 1.54) is 4.68 Å². The van der Waals surface area contributed by atoms with Crippen LogP contribution in [0.1, 0.15) is 38.3 Å². The minimum atomic E-state index is -0.549. The Hall–Kier alpha value is -3.84. The van der Waals surface area contributed by atoms with Crippen LogP contribution in [-0.4, -0.2) is 71.1 Å².